The van der Waals surface area contributed by atoms with Gasteiger partial charge in [-0.05, 0) is 49.9 Å². The van der Waals surface area contributed by atoms with E-state index in [0.29, 0.717) is 6.42 Å². The SMILES string of the molecule is Cc1cncc(N2CC[C@@H](NC(=O)Cc3ccc(C(C)(C)O)cc3)C2)c1. The molecule has 1 aliphatic heterocycles. The lowest BCUT2D eigenvalue weighted by Crippen LogP contribution is -2.38. The van der Waals surface area contributed by atoms with E-state index < -0.39 is 5.60 Å². The molecular weight excluding hydrogens is 326 g/mol. The number of anilines is 1. The van der Waals surface area contributed by atoms with E-state index in [-0.39, 0.29) is 11.9 Å². The van der Waals surface area contributed by atoms with Crippen LogP contribution in [0.2, 0.25) is 0 Å². The van der Waals surface area contributed by atoms with E-state index in [4.69, 9.17) is 0 Å². The number of hydrogen-bond acceptors (Lipinski definition) is 4. The van der Waals surface area contributed by atoms with E-state index in [1.165, 1.54) is 0 Å². The maximum absolute atomic E-state index is 12.4. The van der Waals surface area contributed by atoms with Gasteiger partial charge in [-0.1, -0.05) is 24.3 Å². The van der Waals surface area contributed by atoms with Crippen LogP contribution in [0, 0.1) is 6.92 Å². The third kappa shape index (κ3) is 4.61. The summed E-state index contributed by atoms with van der Waals surface area (Å²) in [6.45, 7) is 7.29. The van der Waals surface area contributed by atoms with Crippen molar-refractivity contribution in [2.45, 2.75) is 45.3 Å². The van der Waals surface area contributed by atoms with Crippen LogP contribution < -0.4 is 10.2 Å². The summed E-state index contributed by atoms with van der Waals surface area (Å²) in [4.78, 5) is 18.9. The van der Waals surface area contributed by atoms with Crippen molar-refractivity contribution in [3.05, 3.63) is 59.4 Å². The zero-order valence-electron chi connectivity index (χ0n) is 15.7. The minimum atomic E-state index is -0.862. The lowest BCUT2D eigenvalue weighted by molar-refractivity contribution is -0.121. The zero-order chi connectivity index (χ0) is 18.7. The van der Waals surface area contributed by atoms with Gasteiger partial charge in [0.05, 0.1) is 23.9 Å². The summed E-state index contributed by atoms with van der Waals surface area (Å²) in [5.41, 5.74) is 3.19. The van der Waals surface area contributed by atoms with Crippen LogP contribution in [0.3, 0.4) is 0 Å². The number of carbonyl (C=O) groups is 1. The molecule has 0 unspecified atom stereocenters. The van der Waals surface area contributed by atoms with Crippen molar-refractivity contribution in [3.63, 3.8) is 0 Å². The quantitative estimate of drug-likeness (QED) is 0.867. The number of rotatable bonds is 5. The average molecular weight is 353 g/mol. The highest BCUT2D eigenvalue weighted by Crippen LogP contribution is 2.21. The van der Waals surface area contributed by atoms with E-state index in [0.717, 1.165) is 41.9 Å². The fourth-order valence-electron chi connectivity index (χ4n) is 3.32. The van der Waals surface area contributed by atoms with Gasteiger partial charge in [-0.2, -0.15) is 0 Å². The van der Waals surface area contributed by atoms with Gasteiger partial charge >= 0.3 is 0 Å². The number of aryl methyl sites for hydroxylation is 1. The number of aromatic nitrogens is 1. The number of aliphatic hydroxyl groups is 1. The molecule has 5 heteroatoms. The summed E-state index contributed by atoms with van der Waals surface area (Å²) < 4.78 is 0. The van der Waals surface area contributed by atoms with Crippen molar-refractivity contribution in [3.8, 4) is 0 Å². The molecular formula is C21H27N3O2. The molecule has 138 valence electrons. The molecule has 1 aliphatic rings. The van der Waals surface area contributed by atoms with Gasteiger partial charge in [0, 0.05) is 25.3 Å². The van der Waals surface area contributed by atoms with Crippen LogP contribution in [0.15, 0.2) is 42.7 Å². The second kappa shape index (κ2) is 7.46. The van der Waals surface area contributed by atoms with Gasteiger partial charge in [0.1, 0.15) is 0 Å². The molecule has 3 rings (SSSR count). The van der Waals surface area contributed by atoms with Crippen molar-refractivity contribution in [2.24, 2.45) is 0 Å². The lowest BCUT2D eigenvalue weighted by Gasteiger charge is -2.19. The number of nitrogens with one attached hydrogen (secondary N) is 1. The molecule has 1 fully saturated rings. The van der Waals surface area contributed by atoms with Crippen molar-refractivity contribution in [1.29, 1.82) is 0 Å². The Balaban J connectivity index is 1.53. The molecule has 5 nitrogen and oxygen atoms in total. The zero-order valence-corrected chi connectivity index (χ0v) is 15.7. The van der Waals surface area contributed by atoms with Crippen molar-refractivity contribution >= 4 is 11.6 Å². The Morgan fingerprint density at radius 1 is 1.31 bits per heavy atom. The Morgan fingerprint density at radius 3 is 2.69 bits per heavy atom. The van der Waals surface area contributed by atoms with Gasteiger partial charge < -0.3 is 15.3 Å². The Kier molecular flexibility index (Phi) is 5.28. The second-order valence-corrected chi connectivity index (χ2v) is 7.65. The number of carbonyl (C=O) groups excluding carboxylic acids is 1. The first-order valence-corrected chi connectivity index (χ1v) is 9.09. The molecule has 0 bridgehead atoms. The molecule has 1 atom stereocenters. The van der Waals surface area contributed by atoms with Gasteiger partial charge in [0.2, 0.25) is 5.91 Å². The molecule has 1 aromatic heterocycles. The van der Waals surface area contributed by atoms with Gasteiger partial charge in [-0.25, -0.2) is 0 Å². The third-order valence-electron chi connectivity index (χ3n) is 4.80. The Hall–Kier alpha value is -2.40. The van der Waals surface area contributed by atoms with E-state index in [1.807, 2.05) is 43.6 Å². The molecule has 0 spiro atoms. The fraction of sp³-hybridized carbons (Fsp3) is 0.429. The predicted molar refractivity (Wildman–Crippen MR) is 103 cm³/mol. The van der Waals surface area contributed by atoms with Crippen molar-refractivity contribution in [1.82, 2.24) is 10.3 Å². The molecule has 0 saturated carbocycles. The summed E-state index contributed by atoms with van der Waals surface area (Å²) >= 11 is 0. The van der Waals surface area contributed by atoms with Gasteiger partial charge in [0.15, 0.2) is 0 Å². The number of hydrogen-bond donors (Lipinski definition) is 2. The monoisotopic (exact) mass is 353 g/mol. The molecule has 1 aromatic carbocycles. The summed E-state index contributed by atoms with van der Waals surface area (Å²) in [7, 11) is 0. The normalized spacial score (nSPS) is 17.4. The smallest absolute Gasteiger partial charge is 0.224 e. The third-order valence-corrected chi connectivity index (χ3v) is 4.80. The van der Waals surface area contributed by atoms with Crippen LogP contribution in [0.5, 0.6) is 0 Å². The topological polar surface area (TPSA) is 65.5 Å². The standard InChI is InChI=1S/C21H27N3O2/c1-15-10-19(13-22-12-15)24-9-8-18(14-24)23-20(25)11-16-4-6-17(7-5-16)21(2,3)26/h4-7,10,12-13,18,26H,8-9,11,14H2,1-3H3,(H,23,25)/t18-/m1/s1. The Bertz CT molecular complexity index is 766. The number of benzene rings is 1. The molecule has 2 N–H and O–H groups in total. The molecule has 1 amide bonds. The first-order valence-electron chi connectivity index (χ1n) is 9.09. The first kappa shape index (κ1) is 18.4. The molecule has 1 saturated heterocycles. The van der Waals surface area contributed by atoms with Crippen LogP contribution in [-0.4, -0.2) is 35.1 Å². The highest BCUT2D eigenvalue weighted by atomic mass is 16.3. The Morgan fingerprint density at radius 2 is 2.04 bits per heavy atom. The molecule has 0 radical (unpaired) electrons. The van der Waals surface area contributed by atoms with Crippen LogP contribution in [0.1, 0.15) is 37.0 Å². The highest BCUT2D eigenvalue weighted by Gasteiger charge is 2.24. The van der Waals surface area contributed by atoms with Gasteiger partial charge in [-0.3, -0.25) is 9.78 Å². The molecule has 2 heterocycles. The van der Waals surface area contributed by atoms with Crippen LogP contribution in [-0.2, 0) is 16.8 Å². The van der Waals surface area contributed by atoms with Crippen LogP contribution in [0.4, 0.5) is 5.69 Å². The maximum atomic E-state index is 12.4. The molecule has 26 heavy (non-hydrogen) atoms. The average Bonchev–Trinajstić information content (AvgIpc) is 3.03. The summed E-state index contributed by atoms with van der Waals surface area (Å²) in [6, 6.07) is 9.87. The first-order chi connectivity index (χ1) is 12.3. The Labute approximate surface area is 155 Å². The fourth-order valence-corrected chi connectivity index (χ4v) is 3.32. The van der Waals surface area contributed by atoms with E-state index >= 15 is 0 Å². The minimum Gasteiger partial charge on any atom is -0.386 e. The van der Waals surface area contributed by atoms with Gasteiger partial charge in [-0.15, -0.1) is 0 Å². The number of amides is 1. The van der Waals surface area contributed by atoms with E-state index in [2.05, 4.69) is 21.3 Å². The summed E-state index contributed by atoms with van der Waals surface area (Å²) in [5, 5.41) is 13.1. The van der Waals surface area contributed by atoms with Crippen LogP contribution in [0.25, 0.3) is 0 Å². The lowest BCUT2D eigenvalue weighted by atomic mass is 9.97. The minimum absolute atomic E-state index is 0.0372. The number of nitrogens with zero attached hydrogens (tertiary/aromatic N) is 2. The summed E-state index contributed by atoms with van der Waals surface area (Å²) in [6.07, 6.45) is 5.02. The second-order valence-electron chi connectivity index (χ2n) is 7.65. The highest BCUT2D eigenvalue weighted by molar-refractivity contribution is 5.79. The van der Waals surface area contributed by atoms with E-state index in [9.17, 15) is 9.90 Å². The molecule has 0 aliphatic carbocycles. The van der Waals surface area contributed by atoms with Crippen molar-refractivity contribution in [2.75, 3.05) is 18.0 Å². The maximum Gasteiger partial charge on any atom is 0.224 e. The molecule has 2 aromatic rings. The van der Waals surface area contributed by atoms with Crippen LogP contribution >= 0.6 is 0 Å². The number of pyridine rings is 1. The van der Waals surface area contributed by atoms with E-state index in [1.54, 1.807) is 13.8 Å². The summed E-state index contributed by atoms with van der Waals surface area (Å²) in [5.74, 6) is 0.0372. The predicted octanol–water partition coefficient (Wildman–Crippen LogP) is 2.56. The van der Waals surface area contributed by atoms with Crippen molar-refractivity contribution < 1.29 is 9.90 Å². The van der Waals surface area contributed by atoms with Gasteiger partial charge in [0.25, 0.3) is 0 Å². The largest absolute Gasteiger partial charge is 0.386 e.